The maximum atomic E-state index is 13.5. The molecule has 0 fully saturated rings. The van der Waals surface area contributed by atoms with Crippen LogP contribution in [0.2, 0.25) is 0 Å². The summed E-state index contributed by atoms with van der Waals surface area (Å²) in [5.41, 5.74) is 1.64. The smallest absolute Gasteiger partial charge is 0.329 e. The second-order valence-corrected chi connectivity index (χ2v) is 10.2. The number of hydrogen-bond donors (Lipinski definition) is 0. The zero-order valence-electron chi connectivity index (χ0n) is 23.7. The Morgan fingerprint density at radius 3 is 2.13 bits per heavy atom. The van der Waals surface area contributed by atoms with Crippen LogP contribution < -0.4 is 0 Å². The third-order valence-electron chi connectivity index (χ3n) is 7.03. The maximum absolute atomic E-state index is 13.5. The second-order valence-electron chi connectivity index (χ2n) is 10.2. The van der Waals surface area contributed by atoms with Gasteiger partial charge in [-0.2, -0.15) is 0 Å². The molecule has 7 atom stereocenters. The third kappa shape index (κ3) is 8.57. The van der Waals surface area contributed by atoms with E-state index in [1.807, 2.05) is 64.1 Å². The average molecular weight is 528 g/mol. The van der Waals surface area contributed by atoms with E-state index in [-0.39, 0.29) is 30.1 Å². The highest BCUT2D eigenvalue weighted by molar-refractivity contribution is 5.91. The van der Waals surface area contributed by atoms with E-state index in [1.165, 1.54) is 24.8 Å². The Hall–Kier alpha value is -3.42. The fourth-order valence-electron chi connectivity index (χ4n) is 4.74. The molecule has 0 aliphatic carbocycles. The standard InChI is InChI=1S/C30H41NO7/c1-18-14-15-27(34)31(8)26(17-25-12-10-9-11-13-25)30(35)36-22(5)21(4)29(38-24(7)33)20(3)16-19(2)28(18)37-23(6)32/h9-16,18,20-22,26,28-29H,17H2,1-8H3. The largest absolute Gasteiger partial charge is 0.462 e. The number of carbonyl (C=O) groups is 4. The Kier molecular flexibility index (Phi) is 11.3. The van der Waals surface area contributed by atoms with Crippen LogP contribution in [0.3, 0.4) is 0 Å². The van der Waals surface area contributed by atoms with E-state index in [4.69, 9.17) is 14.2 Å². The first kappa shape index (κ1) is 30.8. The minimum absolute atomic E-state index is 0.271. The van der Waals surface area contributed by atoms with Crippen molar-refractivity contribution >= 4 is 23.8 Å². The molecule has 0 N–H and O–H groups in total. The summed E-state index contributed by atoms with van der Waals surface area (Å²) in [4.78, 5) is 51.9. The fraction of sp³-hybridized carbons (Fsp3) is 0.533. The lowest BCUT2D eigenvalue weighted by Gasteiger charge is -2.33. The maximum Gasteiger partial charge on any atom is 0.329 e. The van der Waals surface area contributed by atoms with E-state index in [9.17, 15) is 19.2 Å². The molecule has 0 spiro atoms. The van der Waals surface area contributed by atoms with E-state index in [0.29, 0.717) is 0 Å². The van der Waals surface area contributed by atoms with Gasteiger partial charge in [0.05, 0.1) is 0 Å². The van der Waals surface area contributed by atoms with E-state index in [0.717, 1.165) is 11.1 Å². The number of carbonyl (C=O) groups excluding carboxylic acids is 4. The van der Waals surface area contributed by atoms with Crippen LogP contribution in [0.15, 0.2) is 54.1 Å². The molecule has 38 heavy (non-hydrogen) atoms. The van der Waals surface area contributed by atoms with Crippen molar-refractivity contribution in [3.05, 3.63) is 59.7 Å². The monoisotopic (exact) mass is 527 g/mol. The molecule has 1 amide bonds. The highest BCUT2D eigenvalue weighted by Gasteiger charge is 2.35. The molecule has 0 bridgehead atoms. The number of amides is 1. The number of esters is 3. The Labute approximate surface area is 226 Å². The summed E-state index contributed by atoms with van der Waals surface area (Å²) in [6.45, 7) is 11.9. The van der Waals surface area contributed by atoms with Crippen LogP contribution in [-0.4, -0.2) is 60.1 Å². The van der Waals surface area contributed by atoms with Gasteiger partial charge >= 0.3 is 17.9 Å². The Morgan fingerprint density at radius 1 is 0.947 bits per heavy atom. The summed E-state index contributed by atoms with van der Waals surface area (Å²) >= 11 is 0. The molecule has 1 aromatic rings. The first-order valence-electron chi connectivity index (χ1n) is 13.0. The van der Waals surface area contributed by atoms with Crippen molar-refractivity contribution in [2.24, 2.45) is 17.8 Å². The lowest BCUT2D eigenvalue weighted by Crippen LogP contribution is -2.46. The highest BCUT2D eigenvalue weighted by Crippen LogP contribution is 2.28. The molecule has 1 aliphatic rings. The Balaban J connectivity index is 2.57. The van der Waals surface area contributed by atoms with Crippen molar-refractivity contribution in [3.63, 3.8) is 0 Å². The summed E-state index contributed by atoms with van der Waals surface area (Å²) in [6, 6.07) is 8.53. The molecule has 2 rings (SSSR count). The van der Waals surface area contributed by atoms with Gasteiger partial charge in [0.15, 0.2) is 0 Å². The van der Waals surface area contributed by atoms with Crippen LogP contribution in [0.4, 0.5) is 0 Å². The van der Waals surface area contributed by atoms with Gasteiger partial charge in [0.1, 0.15) is 24.4 Å². The first-order chi connectivity index (χ1) is 17.8. The van der Waals surface area contributed by atoms with Crippen LogP contribution in [0.25, 0.3) is 0 Å². The number of nitrogens with zero attached hydrogens (tertiary/aromatic N) is 1. The lowest BCUT2D eigenvalue weighted by atomic mass is 9.86. The van der Waals surface area contributed by atoms with E-state index in [2.05, 4.69) is 0 Å². The quantitative estimate of drug-likeness (QED) is 0.327. The van der Waals surface area contributed by atoms with Gasteiger partial charge in [-0.1, -0.05) is 63.3 Å². The first-order valence-corrected chi connectivity index (χ1v) is 13.0. The summed E-state index contributed by atoms with van der Waals surface area (Å²) < 4.78 is 17.2. The summed E-state index contributed by atoms with van der Waals surface area (Å²) in [5, 5.41) is 0. The van der Waals surface area contributed by atoms with E-state index < -0.39 is 42.3 Å². The summed E-state index contributed by atoms with van der Waals surface area (Å²) in [5.74, 6) is -2.80. The van der Waals surface area contributed by atoms with Crippen LogP contribution in [0.1, 0.15) is 54.0 Å². The summed E-state index contributed by atoms with van der Waals surface area (Å²) in [7, 11) is 1.57. The van der Waals surface area contributed by atoms with Gasteiger partial charge in [-0.25, -0.2) is 4.79 Å². The van der Waals surface area contributed by atoms with Gasteiger partial charge in [-0.15, -0.1) is 0 Å². The number of likely N-dealkylation sites (N-methyl/N-ethyl adjacent to an activating group) is 1. The Bertz CT molecular complexity index is 1050. The van der Waals surface area contributed by atoms with E-state index in [1.54, 1.807) is 20.0 Å². The van der Waals surface area contributed by atoms with Crippen molar-refractivity contribution in [2.75, 3.05) is 7.05 Å². The lowest BCUT2D eigenvalue weighted by molar-refractivity contribution is -0.165. The number of hydrogen-bond acceptors (Lipinski definition) is 7. The Morgan fingerprint density at radius 2 is 1.55 bits per heavy atom. The van der Waals surface area contributed by atoms with Crippen LogP contribution in [0.5, 0.6) is 0 Å². The fourth-order valence-corrected chi connectivity index (χ4v) is 4.74. The molecule has 1 aromatic carbocycles. The number of cyclic esters (lactones) is 1. The molecule has 0 saturated heterocycles. The number of benzene rings is 1. The molecule has 1 aliphatic heterocycles. The topological polar surface area (TPSA) is 99.2 Å². The molecular weight excluding hydrogens is 486 g/mol. The van der Waals surface area contributed by atoms with Crippen molar-refractivity contribution in [2.45, 2.75) is 79.2 Å². The number of rotatable bonds is 4. The predicted molar refractivity (Wildman–Crippen MR) is 144 cm³/mol. The molecule has 0 radical (unpaired) electrons. The zero-order chi connectivity index (χ0) is 28.6. The summed E-state index contributed by atoms with van der Waals surface area (Å²) in [6.07, 6.45) is 3.40. The highest BCUT2D eigenvalue weighted by atomic mass is 16.6. The molecule has 8 nitrogen and oxygen atoms in total. The molecule has 0 saturated carbocycles. The van der Waals surface area contributed by atoms with Gasteiger partial charge in [0.25, 0.3) is 0 Å². The molecule has 0 aromatic heterocycles. The van der Waals surface area contributed by atoms with Gasteiger partial charge in [-0.05, 0) is 31.1 Å². The van der Waals surface area contributed by atoms with Crippen molar-refractivity contribution in [1.82, 2.24) is 4.90 Å². The third-order valence-corrected chi connectivity index (χ3v) is 7.03. The van der Waals surface area contributed by atoms with Gasteiger partial charge in [0, 0.05) is 45.1 Å². The van der Waals surface area contributed by atoms with Gasteiger partial charge < -0.3 is 19.1 Å². The minimum atomic E-state index is -0.877. The van der Waals surface area contributed by atoms with Gasteiger partial charge in [-0.3, -0.25) is 14.4 Å². The SMILES string of the molecule is CC(=O)OC1C(C)=CC(C)C(OC(C)=O)C(C)C(C)OC(=O)C(Cc2ccccc2)N(C)C(=O)C=CC1C. The van der Waals surface area contributed by atoms with Crippen LogP contribution in [0, 0.1) is 17.8 Å². The van der Waals surface area contributed by atoms with Crippen LogP contribution >= 0.6 is 0 Å². The molecule has 7 unspecified atom stereocenters. The van der Waals surface area contributed by atoms with Crippen molar-refractivity contribution < 1.29 is 33.4 Å². The molecule has 208 valence electrons. The second kappa shape index (κ2) is 13.9. The van der Waals surface area contributed by atoms with E-state index >= 15 is 0 Å². The van der Waals surface area contributed by atoms with Crippen LogP contribution in [-0.2, 0) is 39.8 Å². The zero-order valence-corrected chi connectivity index (χ0v) is 23.7. The molecular formula is C30H41NO7. The van der Waals surface area contributed by atoms with Crippen molar-refractivity contribution in [3.8, 4) is 0 Å². The average Bonchev–Trinajstić information content (AvgIpc) is 2.86. The minimum Gasteiger partial charge on any atom is -0.462 e. The predicted octanol–water partition coefficient (Wildman–Crippen LogP) is 4.28. The normalized spacial score (nSPS) is 29.4. The molecule has 8 heteroatoms. The molecule has 1 heterocycles. The van der Waals surface area contributed by atoms with Crippen molar-refractivity contribution in [1.29, 1.82) is 0 Å². The number of ether oxygens (including phenoxy) is 3. The van der Waals surface area contributed by atoms with Gasteiger partial charge in [0.2, 0.25) is 5.91 Å².